The molecule has 3 amide bonds. The van der Waals surface area contributed by atoms with Gasteiger partial charge in [-0.15, -0.1) is 0 Å². The number of ether oxygens (including phenoxy) is 2. The summed E-state index contributed by atoms with van der Waals surface area (Å²) in [5, 5.41) is 1.84. The maximum atomic E-state index is 13.0. The van der Waals surface area contributed by atoms with Gasteiger partial charge in [-0.05, 0) is 53.7 Å². The predicted octanol–water partition coefficient (Wildman–Crippen LogP) is 5.61. The number of amides is 3. The minimum atomic E-state index is -4.64. The number of benzene rings is 2. The molecule has 35 heavy (non-hydrogen) atoms. The van der Waals surface area contributed by atoms with E-state index in [0.717, 1.165) is 12.1 Å². The number of thioether (sulfide) groups is 1. The highest BCUT2D eigenvalue weighted by atomic mass is 35.5. The molecule has 0 atom stereocenters. The first-order valence-electron chi connectivity index (χ1n) is 9.87. The number of halogens is 4. The van der Waals surface area contributed by atoms with Gasteiger partial charge in [-0.3, -0.25) is 19.3 Å². The molecule has 2 aromatic rings. The van der Waals surface area contributed by atoms with E-state index in [-0.39, 0.29) is 28.0 Å². The molecular formula is C23H18ClF3N2O5S. The van der Waals surface area contributed by atoms with E-state index in [1.54, 1.807) is 24.3 Å². The van der Waals surface area contributed by atoms with Crippen LogP contribution in [0.2, 0.25) is 5.02 Å². The van der Waals surface area contributed by atoms with Crippen molar-refractivity contribution in [3.05, 3.63) is 70.1 Å². The smallest absolute Gasteiger partial charge is 0.416 e. The van der Waals surface area contributed by atoms with E-state index >= 15 is 0 Å². The van der Waals surface area contributed by atoms with Gasteiger partial charge in [-0.1, -0.05) is 30.3 Å². The number of nitrogens with zero attached hydrogens (tertiary/aromatic N) is 1. The Morgan fingerprint density at radius 1 is 1.20 bits per heavy atom. The summed E-state index contributed by atoms with van der Waals surface area (Å²) in [6.45, 7) is 3.10. The number of nitrogens with one attached hydrogen (secondary N) is 1. The molecule has 0 aromatic heterocycles. The van der Waals surface area contributed by atoms with Gasteiger partial charge >= 0.3 is 6.18 Å². The van der Waals surface area contributed by atoms with Crippen LogP contribution >= 0.6 is 23.4 Å². The SMILES string of the molecule is C=CCOc1ccc(/C=C2\SC(=O)N(CC(=O)Nc3cc(C(F)(F)F)ccc3OC)C2=O)cc1Cl. The Balaban J connectivity index is 1.73. The van der Waals surface area contributed by atoms with E-state index in [0.29, 0.717) is 34.0 Å². The highest BCUT2D eigenvalue weighted by molar-refractivity contribution is 8.18. The van der Waals surface area contributed by atoms with Crippen molar-refractivity contribution in [1.29, 1.82) is 0 Å². The number of imide groups is 1. The second kappa shape index (κ2) is 10.9. The lowest BCUT2D eigenvalue weighted by Gasteiger charge is -2.16. The fourth-order valence-corrected chi connectivity index (χ4v) is 4.06. The minimum Gasteiger partial charge on any atom is -0.495 e. The molecule has 0 unspecified atom stereocenters. The number of rotatable bonds is 8. The summed E-state index contributed by atoms with van der Waals surface area (Å²) in [4.78, 5) is 38.2. The molecule has 0 saturated carbocycles. The molecule has 1 aliphatic rings. The number of methoxy groups -OCH3 is 1. The zero-order valence-electron chi connectivity index (χ0n) is 18.1. The van der Waals surface area contributed by atoms with E-state index in [1.165, 1.54) is 13.2 Å². The van der Waals surface area contributed by atoms with Crippen LogP contribution in [0.25, 0.3) is 6.08 Å². The van der Waals surface area contributed by atoms with Crippen molar-refractivity contribution < 1.29 is 37.0 Å². The molecule has 0 spiro atoms. The molecule has 1 aliphatic heterocycles. The largest absolute Gasteiger partial charge is 0.495 e. The molecule has 2 aromatic carbocycles. The van der Waals surface area contributed by atoms with Gasteiger partial charge in [0.2, 0.25) is 5.91 Å². The molecule has 184 valence electrons. The standard InChI is InChI=1S/C23H18ClF3N2O5S/c1-3-8-34-17-6-4-13(9-15(17)24)10-19-21(31)29(22(32)35-19)12-20(30)28-16-11-14(23(25,26)27)5-7-18(16)33-2/h3-7,9-11H,1,8,12H2,2H3,(H,28,30)/b19-10-. The monoisotopic (exact) mass is 526 g/mol. The molecule has 1 saturated heterocycles. The van der Waals surface area contributed by atoms with Crippen molar-refractivity contribution in [3.63, 3.8) is 0 Å². The summed E-state index contributed by atoms with van der Waals surface area (Å²) in [5.74, 6) is -1.21. The third kappa shape index (κ3) is 6.37. The van der Waals surface area contributed by atoms with Crippen LogP contribution in [-0.2, 0) is 15.8 Å². The summed E-state index contributed by atoms with van der Waals surface area (Å²) < 4.78 is 49.4. The van der Waals surface area contributed by atoms with Crippen molar-refractivity contribution >= 4 is 52.2 Å². The van der Waals surface area contributed by atoms with Crippen LogP contribution in [-0.4, -0.2) is 42.2 Å². The number of anilines is 1. The first kappa shape index (κ1) is 26.2. The van der Waals surface area contributed by atoms with Gasteiger partial charge in [0.15, 0.2) is 0 Å². The van der Waals surface area contributed by atoms with E-state index in [1.807, 2.05) is 0 Å². The fourth-order valence-electron chi connectivity index (χ4n) is 2.98. The first-order valence-corrected chi connectivity index (χ1v) is 11.1. The normalized spacial score (nSPS) is 14.9. The third-order valence-electron chi connectivity index (χ3n) is 4.59. The molecule has 0 radical (unpaired) electrons. The van der Waals surface area contributed by atoms with Crippen molar-refractivity contribution in [1.82, 2.24) is 4.90 Å². The molecule has 12 heteroatoms. The Hall–Kier alpha value is -3.44. The zero-order valence-corrected chi connectivity index (χ0v) is 19.7. The van der Waals surface area contributed by atoms with E-state index in [9.17, 15) is 27.6 Å². The van der Waals surface area contributed by atoms with Crippen LogP contribution in [0.15, 0.2) is 54.0 Å². The lowest BCUT2D eigenvalue weighted by molar-refractivity contribution is -0.137. The Labute approximate surface area is 207 Å². The van der Waals surface area contributed by atoms with E-state index < -0.39 is 35.3 Å². The second-order valence-corrected chi connectivity index (χ2v) is 8.42. The number of carbonyl (C=O) groups is 3. The predicted molar refractivity (Wildman–Crippen MR) is 126 cm³/mol. The quantitative estimate of drug-likeness (QED) is 0.356. The summed E-state index contributed by atoms with van der Waals surface area (Å²) in [5.41, 5.74) is -0.727. The van der Waals surface area contributed by atoms with Crippen LogP contribution in [0.1, 0.15) is 11.1 Å². The average molecular weight is 527 g/mol. The number of hydrogen-bond acceptors (Lipinski definition) is 6. The Bertz CT molecular complexity index is 1220. The van der Waals surface area contributed by atoms with Crippen molar-refractivity contribution in [2.24, 2.45) is 0 Å². The summed E-state index contributed by atoms with van der Waals surface area (Å²) in [6.07, 6.45) is -1.65. The van der Waals surface area contributed by atoms with Gasteiger partial charge in [0.25, 0.3) is 11.1 Å². The summed E-state index contributed by atoms with van der Waals surface area (Å²) in [7, 11) is 1.23. The lowest BCUT2D eigenvalue weighted by atomic mass is 10.1. The Morgan fingerprint density at radius 2 is 1.91 bits per heavy atom. The topological polar surface area (TPSA) is 84.9 Å². The number of hydrogen-bond donors (Lipinski definition) is 1. The van der Waals surface area contributed by atoms with Crippen LogP contribution < -0.4 is 14.8 Å². The molecule has 3 rings (SSSR count). The maximum Gasteiger partial charge on any atom is 0.416 e. The van der Waals surface area contributed by atoms with Crippen LogP contribution in [0, 0.1) is 0 Å². The molecular weight excluding hydrogens is 509 g/mol. The fraction of sp³-hybridized carbons (Fsp3) is 0.174. The average Bonchev–Trinajstić information content (AvgIpc) is 3.05. The van der Waals surface area contributed by atoms with Crippen LogP contribution in [0.4, 0.5) is 23.7 Å². The highest BCUT2D eigenvalue weighted by Gasteiger charge is 2.37. The lowest BCUT2D eigenvalue weighted by Crippen LogP contribution is -2.36. The summed E-state index contributed by atoms with van der Waals surface area (Å²) in [6, 6.07) is 7.33. The maximum absolute atomic E-state index is 13.0. The first-order chi connectivity index (χ1) is 16.5. The van der Waals surface area contributed by atoms with Gasteiger partial charge in [0, 0.05) is 0 Å². The van der Waals surface area contributed by atoms with Crippen molar-refractivity contribution in [2.75, 3.05) is 25.6 Å². The van der Waals surface area contributed by atoms with Crippen molar-refractivity contribution in [3.8, 4) is 11.5 Å². The number of carbonyl (C=O) groups excluding carboxylic acids is 3. The van der Waals surface area contributed by atoms with Gasteiger partial charge in [0.05, 0.1) is 28.3 Å². The Morgan fingerprint density at radius 3 is 2.54 bits per heavy atom. The van der Waals surface area contributed by atoms with Gasteiger partial charge in [-0.25, -0.2) is 0 Å². The summed E-state index contributed by atoms with van der Waals surface area (Å²) >= 11 is 6.78. The second-order valence-electron chi connectivity index (χ2n) is 7.02. The van der Waals surface area contributed by atoms with E-state index in [4.69, 9.17) is 21.1 Å². The van der Waals surface area contributed by atoms with Gasteiger partial charge < -0.3 is 14.8 Å². The zero-order chi connectivity index (χ0) is 25.8. The Kier molecular flexibility index (Phi) is 8.13. The third-order valence-corrected chi connectivity index (χ3v) is 5.79. The molecule has 0 bridgehead atoms. The number of alkyl halides is 3. The molecule has 7 nitrogen and oxygen atoms in total. The van der Waals surface area contributed by atoms with Crippen LogP contribution in [0.5, 0.6) is 11.5 Å². The molecule has 1 heterocycles. The molecule has 1 N–H and O–H groups in total. The minimum absolute atomic E-state index is 0.0159. The van der Waals surface area contributed by atoms with Gasteiger partial charge in [-0.2, -0.15) is 13.2 Å². The van der Waals surface area contributed by atoms with E-state index in [2.05, 4.69) is 11.9 Å². The van der Waals surface area contributed by atoms with Crippen molar-refractivity contribution in [2.45, 2.75) is 6.18 Å². The van der Waals surface area contributed by atoms with Gasteiger partial charge in [0.1, 0.15) is 24.7 Å². The highest BCUT2D eigenvalue weighted by Crippen LogP contribution is 2.36. The molecule has 0 aliphatic carbocycles. The van der Waals surface area contributed by atoms with Crippen LogP contribution in [0.3, 0.4) is 0 Å². The molecule has 1 fully saturated rings.